The first-order chi connectivity index (χ1) is 11.5. The molecule has 0 amide bonds. The number of aliphatic carboxylic acids is 1. The first-order valence-electron chi connectivity index (χ1n) is 7.85. The largest absolute Gasteiger partial charge is 0.478 e. The second kappa shape index (κ2) is 8.11. The van der Waals surface area contributed by atoms with Gasteiger partial charge in [-0.15, -0.1) is 0 Å². The lowest BCUT2D eigenvalue weighted by Crippen LogP contribution is -2.08. The first-order valence-corrected chi connectivity index (χ1v) is 7.85. The second-order valence-corrected chi connectivity index (χ2v) is 5.50. The van der Waals surface area contributed by atoms with Crippen molar-refractivity contribution in [1.29, 1.82) is 0 Å². The van der Waals surface area contributed by atoms with Crippen LogP contribution >= 0.6 is 0 Å². The lowest BCUT2D eigenvalue weighted by molar-refractivity contribution is -0.130. The topological polar surface area (TPSA) is 63.6 Å². The summed E-state index contributed by atoms with van der Waals surface area (Å²) in [5.74, 6) is -1.17. The van der Waals surface area contributed by atoms with Crippen molar-refractivity contribution in [2.24, 2.45) is 0 Å². The highest BCUT2D eigenvalue weighted by molar-refractivity contribution is 6.14. The van der Waals surface area contributed by atoms with Crippen LogP contribution in [0.2, 0.25) is 0 Å². The van der Waals surface area contributed by atoms with Crippen LogP contribution < -0.4 is 4.74 Å². The van der Waals surface area contributed by atoms with E-state index in [1.165, 1.54) is 5.56 Å². The van der Waals surface area contributed by atoms with E-state index >= 15 is 0 Å². The predicted molar refractivity (Wildman–Crippen MR) is 93.1 cm³/mol. The Hall–Kier alpha value is -2.88. The molecule has 2 aromatic carbocycles. The van der Waals surface area contributed by atoms with Crippen LogP contribution in [0.3, 0.4) is 0 Å². The standard InChI is InChI=1S/C20H20O4/c1-3-4-5-15-6-8-17(9-7-15)20(23)24-18-12-10-16(11-13-18)14(2)19(21)22/h6-13H,2-5H2,1H3,(H,21,22). The molecule has 24 heavy (non-hydrogen) atoms. The molecule has 2 rings (SSSR count). The number of carboxylic acids is 1. The number of rotatable bonds is 7. The molecule has 0 spiro atoms. The molecule has 2 aromatic rings. The van der Waals surface area contributed by atoms with Crippen LogP contribution in [-0.2, 0) is 11.2 Å². The number of ether oxygens (including phenoxy) is 1. The monoisotopic (exact) mass is 324 g/mol. The van der Waals surface area contributed by atoms with Crippen molar-refractivity contribution in [3.63, 3.8) is 0 Å². The van der Waals surface area contributed by atoms with E-state index in [0.717, 1.165) is 19.3 Å². The molecule has 0 aliphatic carbocycles. The summed E-state index contributed by atoms with van der Waals surface area (Å²) in [4.78, 5) is 23.0. The smallest absolute Gasteiger partial charge is 0.343 e. The first kappa shape index (κ1) is 17.5. The highest BCUT2D eigenvalue weighted by atomic mass is 16.5. The zero-order valence-electron chi connectivity index (χ0n) is 13.6. The van der Waals surface area contributed by atoms with Crippen LogP contribution in [0, 0.1) is 0 Å². The van der Waals surface area contributed by atoms with Crippen molar-refractivity contribution in [2.45, 2.75) is 26.2 Å². The van der Waals surface area contributed by atoms with E-state index in [1.54, 1.807) is 36.4 Å². The van der Waals surface area contributed by atoms with Gasteiger partial charge in [-0.25, -0.2) is 9.59 Å². The Morgan fingerprint density at radius 3 is 2.12 bits per heavy atom. The normalized spacial score (nSPS) is 10.2. The van der Waals surface area contributed by atoms with Crippen molar-refractivity contribution < 1.29 is 19.4 Å². The minimum atomic E-state index is -1.08. The quantitative estimate of drug-likeness (QED) is 0.467. The van der Waals surface area contributed by atoms with E-state index in [-0.39, 0.29) is 5.57 Å². The maximum atomic E-state index is 12.1. The van der Waals surface area contributed by atoms with Gasteiger partial charge in [-0.1, -0.05) is 44.2 Å². The Morgan fingerprint density at radius 2 is 1.58 bits per heavy atom. The summed E-state index contributed by atoms with van der Waals surface area (Å²) in [5.41, 5.74) is 2.15. The van der Waals surface area contributed by atoms with Gasteiger partial charge in [0.2, 0.25) is 0 Å². The Morgan fingerprint density at radius 1 is 1.00 bits per heavy atom. The molecule has 0 bridgehead atoms. The maximum absolute atomic E-state index is 12.1. The second-order valence-electron chi connectivity index (χ2n) is 5.50. The van der Waals surface area contributed by atoms with E-state index in [2.05, 4.69) is 13.5 Å². The minimum absolute atomic E-state index is 0.00413. The van der Waals surface area contributed by atoms with E-state index in [1.807, 2.05) is 12.1 Å². The maximum Gasteiger partial charge on any atom is 0.343 e. The lowest BCUT2D eigenvalue weighted by atomic mass is 10.1. The number of aryl methyl sites for hydroxylation is 1. The number of unbranched alkanes of at least 4 members (excludes halogenated alkanes) is 1. The van der Waals surface area contributed by atoms with E-state index < -0.39 is 11.9 Å². The van der Waals surface area contributed by atoms with E-state index in [0.29, 0.717) is 16.9 Å². The summed E-state index contributed by atoms with van der Waals surface area (Å²) in [7, 11) is 0. The Kier molecular flexibility index (Phi) is 5.90. The number of esters is 1. The van der Waals surface area contributed by atoms with Gasteiger partial charge < -0.3 is 9.84 Å². The fourth-order valence-corrected chi connectivity index (χ4v) is 2.20. The van der Waals surface area contributed by atoms with Gasteiger partial charge in [-0.2, -0.15) is 0 Å². The number of carbonyl (C=O) groups excluding carboxylic acids is 1. The third-order valence-corrected chi connectivity index (χ3v) is 3.68. The summed E-state index contributed by atoms with van der Waals surface area (Å²) in [6.45, 7) is 5.63. The van der Waals surface area contributed by atoms with Gasteiger partial charge in [0.15, 0.2) is 0 Å². The van der Waals surface area contributed by atoms with Crippen LogP contribution in [0.5, 0.6) is 5.75 Å². The van der Waals surface area contributed by atoms with Crippen molar-refractivity contribution in [1.82, 2.24) is 0 Å². The molecule has 0 unspecified atom stereocenters. The van der Waals surface area contributed by atoms with Crippen LogP contribution in [0.25, 0.3) is 5.57 Å². The summed E-state index contributed by atoms with van der Waals surface area (Å²) in [6, 6.07) is 13.6. The Balaban J connectivity index is 2.01. The number of carbonyl (C=O) groups is 2. The SMILES string of the molecule is C=C(C(=O)O)c1ccc(OC(=O)c2ccc(CCCC)cc2)cc1. The third-order valence-electron chi connectivity index (χ3n) is 3.68. The van der Waals surface area contributed by atoms with Gasteiger partial charge in [0.1, 0.15) is 5.75 Å². The number of benzene rings is 2. The molecule has 0 heterocycles. The molecule has 124 valence electrons. The molecule has 0 fully saturated rings. The molecule has 1 N–H and O–H groups in total. The van der Waals surface area contributed by atoms with Gasteiger partial charge in [0.05, 0.1) is 11.1 Å². The average molecular weight is 324 g/mol. The molecule has 0 aromatic heterocycles. The summed E-state index contributed by atoms with van der Waals surface area (Å²) >= 11 is 0. The number of hydrogen-bond acceptors (Lipinski definition) is 3. The molecule has 4 nitrogen and oxygen atoms in total. The fraction of sp³-hybridized carbons (Fsp3) is 0.200. The van der Waals surface area contributed by atoms with Crippen LogP contribution in [-0.4, -0.2) is 17.0 Å². The van der Waals surface area contributed by atoms with Gasteiger partial charge in [-0.05, 0) is 48.2 Å². The van der Waals surface area contributed by atoms with Crippen molar-refractivity contribution >= 4 is 17.5 Å². The van der Waals surface area contributed by atoms with Crippen LogP contribution in [0.1, 0.15) is 41.3 Å². The molecule has 0 aliphatic rings. The average Bonchev–Trinajstić information content (AvgIpc) is 2.60. The Bertz CT molecular complexity index is 727. The summed E-state index contributed by atoms with van der Waals surface area (Å²) < 4.78 is 5.30. The van der Waals surface area contributed by atoms with E-state index in [4.69, 9.17) is 9.84 Å². The van der Waals surface area contributed by atoms with Crippen LogP contribution in [0.4, 0.5) is 0 Å². The molecular weight excluding hydrogens is 304 g/mol. The third kappa shape index (κ3) is 4.56. The predicted octanol–water partition coefficient (Wildman–Crippen LogP) is 4.35. The minimum Gasteiger partial charge on any atom is -0.478 e. The lowest BCUT2D eigenvalue weighted by Gasteiger charge is -2.07. The van der Waals surface area contributed by atoms with Gasteiger partial charge in [0, 0.05) is 0 Å². The van der Waals surface area contributed by atoms with Crippen molar-refractivity contribution in [3.8, 4) is 5.75 Å². The van der Waals surface area contributed by atoms with E-state index in [9.17, 15) is 9.59 Å². The summed E-state index contributed by atoms with van der Waals surface area (Å²) in [6.07, 6.45) is 3.26. The highest BCUT2D eigenvalue weighted by Crippen LogP contribution is 2.19. The molecule has 0 saturated heterocycles. The molecule has 0 saturated carbocycles. The zero-order chi connectivity index (χ0) is 17.5. The molecule has 4 heteroatoms. The Labute approximate surface area is 141 Å². The van der Waals surface area contributed by atoms with Gasteiger partial charge >= 0.3 is 11.9 Å². The number of carboxylic acid groups (broad SMARTS) is 1. The number of hydrogen-bond donors (Lipinski definition) is 1. The zero-order valence-corrected chi connectivity index (χ0v) is 13.6. The molecule has 0 radical (unpaired) electrons. The van der Waals surface area contributed by atoms with Gasteiger partial charge in [-0.3, -0.25) is 0 Å². The highest BCUT2D eigenvalue weighted by Gasteiger charge is 2.10. The fourth-order valence-electron chi connectivity index (χ4n) is 2.20. The molecule has 0 aliphatic heterocycles. The summed E-state index contributed by atoms with van der Waals surface area (Å²) in [5, 5.41) is 8.89. The van der Waals surface area contributed by atoms with Gasteiger partial charge in [0.25, 0.3) is 0 Å². The molecular formula is C20H20O4. The van der Waals surface area contributed by atoms with Crippen molar-refractivity contribution in [2.75, 3.05) is 0 Å². The van der Waals surface area contributed by atoms with Crippen LogP contribution in [0.15, 0.2) is 55.1 Å². The molecule has 0 atom stereocenters. The van der Waals surface area contributed by atoms with Crippen molar-refractivity contribution in [3.05, 3.63) is 71.8 Å².